The van der Waals surface area contributed by atoms with Gasteiger partial charge in [-0.3, -0.25) is 4.79 Å². The highest BCUT2D eigenvalue weighted by Gasteiger charge is 2.30. The third-order valence-corrected chi connectivity index (χ3v) is 6.22. The summed E-state index contributed by atoms with van der Waals surface area (Å²) in [5.41, 5.74) is 0.782. The molecule has 0 saturated carbocycles. The number of piperidine rings is 1. The molecule has 29 heavy (non-hydrogen) atoms. The van der Waals surface area contributed by atoms with Crippen LogP contribution in [0.25, 0.3) is 0 Å². The summed E-state index contributed by atoms with van der Waals surface area (Å²) in [6.45, 7) is 5.01. The van der Waals surface area contributed by atoms with Crippen LogP contribution in [0.3, 0.4) is 0 Å². The van der Waals surface area contributed by atoms with Gasteiger partial charge in [-0.25, -0.2) is 0 Å². The number of hydrogen-bond acceptors (Lipinski definition) is 5. The van der Waals surface area contributed by atoms with E-state index in [-0.39, 0.29) is 5.91 Å². The van der Waals surface area contributed by atoms with Gasteiger partial charge in [0.05, 0.1) is 11.3 Å². The first-order chi connectivity index (χ1) is 13.7. The molecule has 1 aromatic heterocycles. The van der Waals surface area contributed by atoms with Crippen LogP contribution in [0.1, 0.15) is 39.3 Å². The van der Waals surface area contributed by atoms with Gasteiger partial charge in [0.2, 0.25) is 0 Å². The lowest BCUT2D eigenvalue weighted by Crippen LogP contribution is -2.40. The zero-order valence-corrected chi connectivity index (χ0v) is 17.4. The topological polar surface area (TPSA) is 49.3 Å². The van der Waals surface area contributed by atoms with E-state index in [9.17, 15) is 18.0 Å². The molecule has 1 aliphatic heterocycles. The molecule has 0 spiro atoms. The molecule has 2 heterocycles. The van der Waals surface area contributed by atoms with Gasteiger partial charge in [0.1, 0.15) is 4.88 Å². The molecule has 1 saturated heterocycles. The average molecular weight is 427 g/mol. The lowest BCUT2D eigenvalue weighted by atomic mass is 9.95. The van der Waals surface area contributed by atoms with Crippen LogP contribution in [-0.4, -0.2) is 58.5 Å². The molecule has 158 valence electrons. The maximum Gasteiger partial charge on any atom is 0.416 e. The SMILES string of the molecule is Cc1nnsc1C(=O)N(C)CC1CCN(CCc2cccc(C(F)(F)F)c2)CC1. The summed E-state index contributed by atoms with van der Waals surface area (Å²) in [7, 11) is 1.81. The molecular weight excluding hydrogens is 401 g/mol. The Bertz CT molecular complexity index is 831. The van der Waals surface area contributed by atoms with E-state index >= 15 is 0 Å². The minimum atomic E-state index is -4.30. The lowest BCUT2D eigenvalue weighted by molar-refractivity contribution is -0.137. The van der Waals surface area contributed by atoms with Crippen LogP contribution in [0, 0.1) is 12.8 Å². The number of benzene rings is 1. The summed E-state index contributed by atoms with van der Waals surface area (Å²) in [5, 5.41) is 3.89. The molecular formula is C20H25F3N4OS. The van der Waals surface area contributed by atoms with Crippen molar-refractivity contribution in [2.24, 2.45) is 5.92 Å². The second-order valence-electron chi connectivity index (χ2n) is 7.61. The largest absolute Gasteiger partial charge is 0.416 e. The van der Waals surface area contributed by atoms with Crippen molar-refractivity contribution in [3.05, 3.63) is 46.0 Å². The van der Waals surface area contributed by atoms with Gasteiger partial charge in [-0.2, -0.15) is 13.2 Å². The number of alkyl halides is 3. The van der Waals surface area contributed by atoms with Crippen LogP contribution in [0.15, 0.2) is 24.3 Å². The molecule has 1 aromatic carbocycles. The van der Waals surface area contributed by atoms with E-state index in [1.807, 2.05) is 7.05 Å². The first-order valence-corrected chi connectivity index (χ1v) is 10.4. The fourth-order valence-electron chi connectivity index (χ4n) is 3.65. The number of nitrogens with zero attached hydrogens (tertiary/aromatic N) is 4. The molecule has 2 aromatic rings. The Labute approximate surface area is 172 Å². The normalized spacial score (nSPS) is 16.2. The number of likely N-dealkylation sites (tertiary alicyclic amines) is 1. The molecule has 5 nitrogen and oxygen atoms in total. The maximum absolute atomic E-state index is 12.8. The molecule has 1 amide bonds. The third kappa shape index (κ3) is 5.76. The van der Waals surface area contributed by atoms with E-state index in [0.717, 1.165) is 50.1 Å². The fraction of sp³-hybridized carbons (Fsp3) is 0.550. The van der Waals surface area contributed by atoms with Gasteiger partial charge in [-0.05, 0) is 68.4 Å². The number of hydrogen-bond donors (Lipinski definition) is 0. The number of amides is 1. The summed E-state index contributed by atoms with van der Waals surface area (Å²) in [5.74, 6) is 0.388. The van der Waals surface area contributed by atoms with Crippen LogP contribution >= 0.6 is 11.5 Å². The van der Waals surface area contributed by atoms with Crippen LogP contribution < -0.4 is 0 Å². The Kier molecular flexibility index (Phi) is 6.89. The number of carbonyl (C=O) groups excluding carboxylic acids is 1. The summed E-state index contributed by atoms with van der Waals surface area (Å²) in [4.78, 5) is 17.1. The molecule has 0 radical (unpaired) electrons. The number of rotatable bonds is 6. The van der Waals surface area contributed by atoms with E-state index in [1.54, 1.807) is 17.9 Å². The number of halogens is 3. The maximum atomic E-state index is 12.8. The van der Waals surface area contributed by atoms with E-state index in [2.05, 4.69) is 14.5 Å². The summed E-state index contributed by atoms with van der Waals surface area (Å²) in [6.07, 6.45) is -1.75. The predicted octanol–water partition coefficient (Wildman–Crippen LogP) is 3.89. The molecule has 1 aliphatic rings. The number of aryl methyl sites for hydroxylation is 1. The summed E-state index contributed by atoms with van der Waals surface area (Å²) >= 11 is 1.12. The Morgan fingerprint density at radius 2 is 2.03 bits per heavy atom. The van der Waals surface area contributed by atoms with Gasteiger partial charge in [-0.1, -0.05) is 22.7 Å². The third-order valence-electron chi connectivity index (χ3n) is 5.40. The van der Waals surface area contributed by atoms with Crippen molar-refractivity contribution in [2.75, 3.05) is 33.2 Å². The van der Waals surface area contributed by atoms with Crippen molar-refractivity contribution in [3.63, 3.8) is 0 Å². The first-order valence-electron chi connectivity index (χ1n) is 9.67. The molecule has 0 unspecified atom stereocenters. The van der Waals surface area contributed by atoms with Crippen molar-refractivity contribution < 1.29 is 18.0 Å². The minimum Gasteiger partial charge on any atom is -0.341 e. The van der Waals surface area contributed by atoms with Gasteiger partial charge in [-0.15, -0.1) is 5.10 Å². The van der Waals surface area contributed by atoms with Crippen molar-refractivity contribution in [2.45, 2.75) is 32.4 Å². The highest BCUT2D eigenvalue weighted by atomic mass is 32.1. The van der Waals surface area contributed by atoms with Gasteiger partial charge >= 0.3 is 6.18 Å². The van der Waals surface area contributed by atoms with Crippen molar-refractivity contribution in [3.8, 4) is 0 Å². The van der Waals surface area contributed by atoms with Gasteiger partial charge in [0.15, 0.2) is 0 Å². The van der Waals surface area contributed by atoms with Gasteiger partial charge in [0, 0.05) is 20.1 Å². The number of carbonyl (C=O) groups is 1. The summed E-state index contributed by atoms with van der Waals surface area (Å²) < 4.78 is 42.3. The molecule has 0 atom stereocenters. The second kappa shape index (κ2) is 9.21. The van der Waals surface area contributed by atoms with Crippen molar-refractivity contribution in [1.82, 2.24) is 19.4 Å². The van der Waals surface area contributed by atoms with Crippen molar-refractivity contribution in [1.29, 1.82) is 0 Å². The Morgan fingerprint density at radius 3 is 2.66 bits per heavy atom. The monoisotopic (exact) mass is 426 g/mol. The summed E-state index contributed by atoms with van der Waals surface area (Å²) in [6, 6.07) is 5.57. The van der Waals surface area contributed by atoms with Crippen LogP contribution in [-0.2, 0) is 12.6 Å². The predicted molar refractivity (Wildman–Crippen MR) is 106 cm³/mol. The molecule has 3 rings (SSSR count). The Hall–Kier alpha value is -2.00. The molecule has 1 fully saturated rings. The van der Waals surface area contributed by atoms with Crippen LogP contribution in [0.4, 0.5) is 13.2 Å². The fourth-order valence-corrected chi connectivity index (χ4v) is 4.31. The van der Waals surface area contributed by atoms with Gasteiger partial charge < -0.3 is 9.80 Å². The molecule has 0 aliphatic carbocycles. The zero-order valence-electron chi connectivity index (χ0n) is 16.6. The van der Waals surface area contributed by atoms with E-state index in [4.69, 9.17) is 0 Å². The highest BCUT2D eigenvalue weighted by Crippen LogP contribution is 2.29. The van der Waals surface area contributed by atoms with E-state index in [0.29, 0.717) is 35.0 Å². The van der Waals surface area contributed by atoms with E-state index < -0.39 is 11.7 Å². The number of aromatic nitrogens is 2. The van der Waals surface area contributed by atoms with Gasteiger partial charge in [0.25, 0.3) is 5.91 Å². The zero-order chi connectivity index (χ0) is 21.0. The Morgan fingerprint density at radius 1 is 1.31 bits per heavy atom. The molecule has 0 N–H and O–H groups in total. The lowest BCUT2D eigenvalue weighted by Gasteiger charge is -2.33. The smallest absolute Gasteiger partial charge is 0.341 e. The van der Waals surface area contributed by atoms with Crippen LogP contribution in [0.2, 0.25) is 0 Å². The van der Waals surface area contributed by atoms with Crippen LogP contribution in [0.5, 0.6) is 0 Å². The standard InChI is InChI=1S/C20H25F3N4OS/c1-14-18(29-25-24-14)19(28)26(2)13-16-7-10-27(11-8-16)9-6-15-4-3-5-17(12-15)20(21,22)23/h3-5,12,16H,6-11,13H2,1-2H3. The average Bonchev–Trinajstić information content (AvgIpc) is 3.12. The quantitative estimate of drug-likeness (QED) is 0.703. The molecule has 9 heteroatoms. The van der Waals surface area contributed by atoms with Crippen molar-refractivity contribution >= 4 is 17.4 Å². The minimum absolute atomic E-state index is 0.0375. The Balaban J connectivity index is 1.44. The molecule has 0 bridgehead atoms. The van der Waals surface area contributed by atoms with E-state index in [1.165, 1.54) is 12.1 Å². The first kappa shape index (κ1) is 21.7. The second-order valence-corrected chi connectivity index (χ2v) is 8.36. The highest BCUT2D eigenvalue weighted by molar-refractivity contribution is 7.07.